The molecule has 3 aromatic rings. The molecule has 0 aliphatic heterocycles. The van der Waals surface area contributed by atoms with Gasteiger partial charge in [0.15, 0.2) is 0 Å². The quantitative estimate of drug-likeness (QED) is 0.399. The molecule has 0 saturated heterocycles. The third-order valence-electron chi connectivity index (χ3n) is 4.44. The smallest absolute Gasteiger partial charge is 0.325 e. The van der Waals surface area contributed by atoms with Crippen LogP contribution in [-0.4, -0.2) is 51.4 Å². The average molecular weight is 483 g/mol. The van der Waals surface area contributed by atoms with E-state index in [0.29, 0.717) is 21.7 Å². The number of carboxylic acid groups (broad SMARTS) is 1. The molecule has 0 radical (unpaired) electrons. The van der Waals surface area contributed by atoms with Crippen molar-refractivity contribution >= 4 is 43.5 Å². The number of benzene rings is 1. The average Bonchev–Trinajstić information content (AvgIpc) is 3.32. The monoisotopic (exact) mass is 482 g/mol. The van der Waals surface area contributed by atoms with Crippen LogP contribution < -0.4 is 15.2 Å². The number of carbonyl (C=O) groups is 2. The van der Waals surface area contributed by atoms with E-state index < -0.39 is 34.0 Å². The minimum atomic E-state index is -3.88. The molecule has 0 aliphatic rings. The molecule has 0 spiro atoms. The maximum Gasteiger partial charge on any atom is 0.325 e. The van der Waals surface area contributed by atoms with E-state index in [1.165, 1.54) is 11.6 Å². The summed E-state index contributed by atoms with van der Waals surface area (Å²) in [6.07, 6.45) is 1.56. The second-order valence-electron chi connectivity index (χ2n) is 7.39. The number of amides is 1. The first-order valence-corrected chi connectivity index (χ1v) is 11.8. The number of ether oxygens (including phenoxy) is 1. The molecule has 12 nitrogen and oxygen atoms in total. The molecule has 0 fully saturated rings. The zero-order valence-electron chi connectivity index (χ0n) is 17.4. The van der Waals surface area contributed by atoms with Crippen molar-refractivity contribution in [3.8, 4) is 5.75 Å². The number of nitrogens with zero attached hydrogens (tertiary/aromatic N) is 4. The fraction of sp³-hybridized carbons (Fsp3) is 0.389. The van der Waals surface area contributed by atoms with Gasteiger partial charge in [-0.3, -0.25) is 9.59 Å². The number of carboxylic acids is 1. The van der Waals surface area contributed by atoms with E-state index in [-0.39, 0.29) is 16.9 Å². The van der Waals surface area contributed by atoms with Crippen LogP contribution in [0.15, 0.2) is 28.7 Å². The standard InChI is InChI=1S/C18H22N6O6S2/c1-9(2)15(16(25)20-10(3)17(26)27)24-7-11(22-23-24)8-30-12-4-5-13-14(6-12)31-18(21-13)32(19,28)29/h4-7,9-10,15H,8H2,1-3H3,(H,20,25)(H,26,27)(H2,19,28,29)/t10?,15-/m0/s1. The molecule has 172 valence electrons. The number of primary sulfonamides is 1. The lowest BCUT2D eigenvalue weighted by Crippen LogP contribution is -2.43. The van der Waals surface area contributed by atoms with E-state index in [4.69, 9.17) is 15.0 Å². The molecule has 2 aromatic heterocycles. The van der Waals surface area contributed by atoms with Gasteiger partial charge in [0, 0.05) is 0 Å². The topological polar surface area (TPSA) is 179 Å². The summed E-state index contributed by atoms with van der Waals surface area (Å²) in [5, 5.41) is 24.6. The summed E-state index contributed by atoms with van der Waals surface area (Å²) in [5.74, 6) is -1.32. The lowest BCUT2D eigenvalue weighted by Gasteiger charge is -2.21. The van der Waals surface area contributed by atoms with Gasteiger partial charge in [-0.1, -0.05) is 19.1 Å². The second-order valence-corrected chi connectivity index (χ2v) is 10.2. The first-order valence-electron chi connectivity index (χ1n) is 9.45. The van der Waals surface area contributed by atoms with E-state index in [2.05, 4.69) is 20.6 Å². The van der Waals surface area contributed by atoms with E-state index in [0.717, 1.165) is 11.3 Å². The fourth-order valence-corrected chi connectivity index (χ4v) is 4.54. The van der Waals surface area contributed by atoms with Crippen molar-refractivity contribution in [3.05, 3.63) is 30.1 Å². The number of carbonyl (C=O) groups excluding carboxylic acids is 1. The Labute approximate surface area is 187 Å². The molecule has 3 rings (SSSR count). The number of hydrogen-bond acceptors (Lipinski definition) is 9. The van der Waals surface area contributed by atoms with Crippen LogP contribution in [0.25, 0.3) is 10.2 Å². The van der Waals surface area contributed by atoms with Crippen LogP contribution in [0.1, 0.15) is 32.5 Å². The highest BCUT2D eigenvalue weighted by molar-refractivity contribution is 7.91. The van der Waals surface area contributed by atoms with E-state index >= 15 is 0 Å². The van der Waals surface area contributed by atoms with Crippen LogP contribution in [0, 0.1) is 5.92 Å². The highest BCUT2D eigenvalue weighted by Crippen LogP contribution is 2.28. The molecule has 2 heterocycles. The summed E-state index contributed by atoms with van der Waals surface area (Å²) in [5.41, 5.74) is 0.933. The number of aromatic nitrogens is 4. The van der Waals surface area contributed by atoms with Gasteiger partial charge in [-0.15, -0.1) is 16.4 Å². The first kappa shape index (κ1) is 23.6. The van der Waals surface area contributed by atoms with Crippen molar-refractivity contribution in [1.29, 1.82) is 0 Å². The Balaban J connectivity index is 1.71. The van der Waals surface area contributed by atoms with Crippen LogP contribution in [0.4, 0.5) is 0 Å². The zero-order valence-corrected chi connectivity index (χ0v) is 19.1. The summed E-state index contributed by atoms with van der Waals surface area (Å²) < 4.78 is 30.4. The van der Waals surface area contributed by atoms with E-state index in [1.54, 1.807) is 24.4 Å². The minimum absolute atomic E-state index is 0.0460. The van der Waals surface area contributed by atoms with Gasteiger partial charge in [0.2, 0.25) is 10.2 Å². The van der Waals surface area contributed by atoms with Gasteiger partial charge in [-0.2, -0.15) is 0 Å². The molecule has 14 heteroatoms. The number of hydrogen-bond donors (Lipinski definition) is 3. The van der Waals surface area contributed by atoms with Gasteiger partial charge in [-0.05, 0) is 31.0 Å². The van der Waals surface area contributed by atoms with E-state index in [9.17, 15) is 18.0 Å². The lowest BCUT2D eigenvalue weighted by molar-refractivity contribution is -0.142. The van der Waals surface area contributed by atoms with Crippen molar-refractivity contribution in [2.45, 2.75) is 43.8 Å². The van der Waals surface area contributed by atoms with Crippen LogP contribution >= 0.6 is 11.3 Å². The van der Waals surface area contributed by atoms with Gasteiger partial charge < -0.3 is 15.2 Å². The number of thiazole rings is 1. The molecular formula is C18H22N6O6S2. The highest BCUT2D eigenvalue weighted by Gasteiger charge is 2.28. The maximum atomic E-state index is 12.5. The summed E-state index contributed by atoms with van der Waals surface area (Å²) in [6, 6.07) is 3.12. The Morgan fingerprint density at radius 1 is 1.31 bits per heavy atom. The lowest BCUT2D eigenvalue weighted by atomic mass is 10.0. The Morgan fingerprint density at radius 3 is 2.66 bits per heavy atom. The number of nitrogens with two attached hydrogens (primary N) is 1. The molecular weight excluding hydrogens is 460 g/mol. The largest absolute Gasteiger partial charge is 0.487 e. The van der Waals surface area contributed by atoms with Crippen molar-refractivity contribution in [2.75, 3.05) is 0 Å². The number of sulfonamides is 1. The Bertz CT molecular complexity index is 1250. The molecule has 1 amide bonds. The third-order valence-corrected chi connectivity index (χ3v) is 6.78. The third kappa shape index (κ3) is 5.38. The zero-order chi connectivity index (χ0) is 23.6. The predicted molar refractivity (Wildman–Crippen MR) is 114 cm³/mol. The Morgan fingerprint density at radius 2 is 2.03 bits per heavy atom. The molecule has 0 saturated carbocycles. The SMILES string of the molecule is CC(NC(=O)[C@H](C(C)C)n1cc(COc2ccc3nc(S(N)(=O)=O)sc3c2)nn1)C(=O)O. The second kappa shape index (κ2) is 9.18. The van der Waals surface area contributed by atoms with Crippen LogP contribution in [0.2, 0.25) is 0 Å². The molecule has 0 bridgehead atoms. The van der Waals surface area contributed by atoms with Gasteiger partial charge in [0.05, 0.1) is 16.4 Å². The molecule has 2 atom stereocenters. The summed E-state index contributed by atoms with van der Waals surface area (Å²) in [7, 11) is -3.88. The predicted octanol–water partition coefficient (Wildman–Crippen LogP) is 0.901. The number of nitrogens with one attached hydrogen (secondary N) is 1. The van der Waals surface area contributed by atoms with Gasteiger partial charge >= 0.3 is 5.97 Å². The highest BCUT2D eigenvalue weighted by atomic mass is 32.2. The van der Waals surface area contributed by atoms with Gasteiger partial charge in [0.1, 0.15) is 30.1 Å². The van der Waals surface area contributed by atoms with E-state index in [1.807, 2.05) is 13.8 Å². The molecule has 1 unspecified atom stereocenters. The van der Waals surface area contributed by atoms with Crippen LogP contribution in [-0.2, 0) is 26.2 Å². The fourth-order valence-electron chi connectivity index (χ4n) is 2.86. The first-order chi connectivity index (χ1) is 15.0. The van der Waals surface area contributed by atoms with Crippen molar-refractivity contribution in [2.24, 2.45) is 11.1 Å². The normalized spacial score (nSPS) is 13.8. The Hall–Kier alpha value is -3.10. The minimum Gasteiger partial charge on any atom is -0.487 e. The maximum absolute atomic E-state index is 12.5. The number of aliphatic carboxylic acids is 1. The molecule has 32 heavy (non-hydrogen) atoms. The molecule has 1 aromatic carbocycles. The number of rotatable bonds is 9. The summed E-state index contributed by atoms with van der Waals surface area (Å²) in [6.45, 7) is 5.05. The van der Waals surface area contributed by atoms with Gasteiger partial charge in [-0.25, -0.2) is 23.2 Å². The van der Waals surface area contributed by atoms with Crippen molar-refractivity contribution in [3.63, 3.8) is 0 Å². The molecule has 4 N–H and O–H groups in total. The van der Waals surface area contributed by atoms with Crippen LogP contribution in [0.3, 0.4) is 0 Å². The van der Waals surface area contributed by atoms with Crippen molar-refractivity contribution in [1.82, 2.24) is 25.3 Å². The summed E-state index contributed by atoms with van der Waals surface area (Å²) in [4.78, 5) is 27.5. The van der Waals surface area contributed by atoms with Crippen LogP contribution in [0.5, 0.6) is 5.75 Å². The summed E-state index contributed by atoms with van der Waals surface area (Å²) >= 11 is 0.939. The van der Waals surface area contributed by atoms with Gasteiger partial charge in [0.25, 0.3) is 10.0 Å². The molecule has 0 aliphatic carbocycles. The van der Waals surface area contributed by atoms with Crippen molar-refractivity contribution < 1.29 is 27.9 Å². The number of fused-ring (bicyclic) bond motifs is 1. The Kier molecular flexibility index (Phi) is 6.76.